The van der Waals surface area contributed by atoms with Gasteiger partial charge < -0.3 is 15.0 Å². The van der Waals surface area contributed by atoms with Crippen molar-refractivity contribution in [2.24, 2.45) is 0 Å². The van der Waals surface area contributed by atoms with Gasteiger partial charge in [0.25, 0.3) is 0 Å². The molecule has 1 aromatic rings. The minimum atomic E-state index is -2.97. The third kappa shape index (κ3) is 4.94. The van der Waals surface area contributed by atoms with Crippen LogP contribution in [0.1, 0.15) is 12.0 Å². The second kappa shape index (κ2) is 7.79. The van der Waals surface area contributed by atoms with Crippen LogP contribution in [0.25, 0.3) is 0 Å². The van der Waals surface area contributed by atoms with E-state index in [0.29, 0.717) is 24.6 Å². The van der Waals surface area contributed by atoms with Crippen molar-refractivity contribution in [3.63, 3.8) is 0 Å². The quantitative estimate of drug-likeness (QED) is 0.620. The maximum Gasteiger partial charge on any atom is 0.169 e. The van der Waals surface area contributed by atoms with Crippen molar-refractivity contribution in [1.82, 2.24) is 10.2 Å². The van der Waals surface area contributed by atoms with Crippen LogP contribution in [0.2, 0.25) is 0 Å². The van der Waals surface area contributed by atoms with Crippen molar-refractivity contribution in [3.8, 4) is 5.75 Å². The fourth-order valence-electron chi connectivity index (χ4n) is 2.58. The average molecular weight is 354 g/mol. The lowest BCUT2D eigenvalue weighted by Gasteiger charge is -2.31. The highest BCUT2D eigenvalue weighted by Crippen LogP contribution is 2.21. The van der Waals surface area contributed by atoms with Crippen LogP contribution >= 0.6 is 12.2 Å². The molecular weight excluding hydrogens is 332 g/mol. The van der Waals surface area contributed by atoms with Gasteiger partial charge in [0.15, 0.2) is 14.9 Å². The predicted octanol–water partition coefficient (Wildman–Crippen LogP) is 1.74. The van der Waals surface area contributed by atoms with Gasteiger partial charge in [0, 0.05) is 19.1 Å². The second-order valence-electron chi connectivity index (χ2n) is 5.51. The minimum Gasteiger partial charge on any atom is -0.497 e. The molecular formula is C16H22N2O3S2. The zero-order chi connectivity index (χ0) is 16.9. The molecule has 0 amide bonds. The van der Waals surface area contributed by atoms with Crippen molar-refractivity contribution in [2.75, 3.05) is 25.2 Å². The molecule has 0 aliphatic carbocycles. The summed E-state index contributed by atoms with van der Waals surface area (Å²) in [5.41, 5.74) is 1.05. The highest BCUT2D eigenvalue weighted by atomic mass is 32.2. The molecule has 0 saturated carbocycles. The van der Waals surface area contributed by atoms with Crippen LogP contribution in [-0.4, -0.2) is 49.6 Å². The zero-order valence-corrected chi connectivity index (χ0v) is 14.8. The number of benzene rings is 1. The standard InChI is InChI=1S/C16H22N2O3S2/c1-3-9-17-16(22)18(14-8-10-23(19,20)12-14)11-13-4-6-15(21-2)7-5-13/h3-7,14H,1,8-12H2,2H3,(H,17,22)/t14-/m0/s1. The first-order valence-electron chi connectivity index (χ1n) is 7.44. The van der Waals surface area contributed by atoms with Gasteiger partial charge in [-0.15, -0.1) is 6.58 Å². The molecule has 0 spiro atoms. The predicted molar refractivity (Wildman–Crippen MR) is 96.4 cm³/mol. The summed E-state index contributed by atoms with van der Waals surface area (Å²) in [5.74, 6) is 1.16. The normalized spacial score (nSPS) is 19.1. The van der Waals surface area contributed by atoms with Gasteiger partial charge in [-0.05, 0) is 36.3 Å². The monoisotopic (exact) mass is 354 g/mol. The molecule has 0 unspecified atom stereocenters. The van der Waals surface area contributed by atoms with E-state index in [1.807, 2.05) is 29.2 Å². The first-order valence-corrected chi connectivity index (χ1v) is 9.67. The summed E-state index contributed by atoms with van der Waals surface area (Å²) in [7, 11) is -1.34. The van der Waals surface area contributed by atoms with Crippen molar-refractivity contribution < 1.29 is 13.2 Å². The molecule has 1 saturated heterocycles. The molecule has 7 heteroatoms. The lowest BCUT2D eigenvalue weighted by atomic mass is 10.1. The van der Waals surface area contributed by atoms with Gasteiger partial charge in [0.1, 0.15) is 5.75 Å². The molecule has 2 rings (SSSR count). The van der Waals surface area contributed by atoms with Gasteiger partial charge in [-0.25, -0.2) is 8.42 Å². The molecule has 1 aliphatic rings. The Labute approximate surface area is 143 Å². The van der Waals surface area contributed by atoms with Crippen LogP contribution in [0.3, 0.4) is 0 Å². The lowest BCUT2D eigenvalue weighted by molar-refractivity contribution is 0.323. The smallest absolute Gasteiger partial charge is 0.169 e. The van der Waals surface area contributed by atoms with Crippen molar-refractivity contribution in [2.45, 2.75) is 19.0 Å². The fraction of sp³-hybridized carbons (Fsp3) is 0.438. The van der Waals surface area contributed by atoms with Crippen LogP contribution < -0.4 is 10.1 Å². The lowest BCUT2D eigenvalue weighted by Crippen LogP contribution is -2.46. The largest absolute Gasteiger partial charge is 0.497 e. The van der Waals surface area contributed by atoms with Crippen LogP contribution in [0.4, 0.5) is 0 Å². The summed E-state index contributed by atoms with van der Waals surface area (Å²) < 4.78 is 28.7. The van der Waals surface area contributed by atoms with E-state index >= 15 is 0 Å². The van der Waals surface area contributed by atoms with Gasteiger partial charge in [-0.3, -0.25) is 0 Å². The Kier molecular flexibility index (Phi) is 6.01. The van der Waals surface area contributed by atoms with E-state index < -0.39 is 9.84 Å². The summed E-state index contributed by atoms with van der Waals surface area (Å²) >= 11 is 5.45. The summed E-state index contributed by atoms with van der Waals surface area (Å²) in [6, 6.07) is 7.61. The van der Waals surface area contributed by atoms with Crippen LogP contribution in [0, 0.1) is 0 Å². The molecule has 1 aliphatic heterocycles. The summed E-state index contributed by atoms with van der Waals surface area (Å²) in [5, 5.41) is 3.66. The molecule has 23 heavy (non-hydrogen) atoms. The number of methoxy groups -OCH3 is 1. The molecule has 126 valence electrons. The zero-order valence-electron chi connectivity index (χ0n) is 13.2. The maximum absolute atomic E-state index is 11.8. The molecule has 0 aromatic heterocycles. The highest BCUT2D eigenvalue weighted by Gasteiger charge is 2.33. The third-order valence-electron chi connectivity index (χ3n) is 3.82. The molecule has 1 aromatic carbocycles. The van der Waals surface area contributed by atoms with Gasteiger partial charge in [0.2, 0.25) is 0 Å². The molecule has 5 nitrogen and oxygen atoms in total. The van der Waals surface area contributed by atoms with Crippen LogP contribution in [0.15, 0.2) is 36.9 Å². The number of thiocarbonyl (C=S) groups is 1. The topological polar surface area (TPSA) is 58.6 Å². The second-order valence-corrected chi connectivity index (χ2v) is 8.12. The fourth-order valence-corrected chi connectivity index (χ4v) is 4.60. The Morgan fingerprint density at radius 1 is 1.48 bits per heavy atom. The summed E-state index contributed by atoms with van der Waals surface area (Å²) in [6.07, 6.45) is 2.33. The number of ether oxygens (including phenoxy) is 1. The summed E-state index contributed by atoms with van der Waals surface area (Å²) in [6.45, 7) is 4.78. The average Bonchev–Trinajstić information content (AvgIpc) is 2.90. The van der Waals surface area contributed by atoms with Crippen molar-refractivity contribution in [3.05, 3.63) is 42.5 Å². The molecule has 0 radical (unpaired) electrons. The van der Waals surface area contributed by atoms with Gasteiger partial charge >= 0.3 is 0 Å². The van der Waals surface area contributed by atoms with Crippen LogP contribution in [0.5, 0.6) is 5.75 Å². The van der Waals surface area contributed by atoms with Gasteiger partial charge in [0.05, 0.1) is 18.6 Å². The molecule has 1 atom stereocenters. The Morgan fingerprint density at radius 2 is 2.17 bits per heavy atom. The molecule has 1 N–H and O–H groups in total. The minimum absolute atomic E-state index is 0.0908. The summed E-state index contributed by atoms with van der Waals surface area (Å²) in [4.78, 5) is 1.96. The number of hydrogen-bond donors (Lipinski definition) is 1. The van der Waals surface area contributed by atoms with E-state index in [1.54, 1.807) is 13.2 Å². The number of sulfone groups is 1. The van der Waals surface area contributed by atoms with Crippen molar-refractivity contribution >= 4 is 27.2 Å². The number of nitrogens with one attached hydrogen (secondary N) is 1. The Balaban J connectivity index is 2.15. The van der Waals surface area contributed by atoms with E-state index in [0.717, 1.165) is 11.3 Å². The van der Waals surface area contributed by atoms with Crippen molar-refractivity contribution in [1.29, 1.82) is 0 Å². The van der Waals surface area contributed by atoms with Gasteiger partial charge in [-0.1, -0.05) is 18.2 Å². The highest BCUT2D eigenvalue weighted by molar-refractivity contribution is 7.91. The van der Waals surface area contributed by atoms with Crippen LogP contribution in [-0.2, 0) is 16.4 Å². The Bertz CT molecular complexity index is 656. The Hall–Kier alpha value is -1.60. The third-order valence-corrected chi connectivity index (χ3v) is 5.95. The first kappa shape index (κ1) is 17.7. The van der Waals surface area contributed by atoms with E-state index in [9.17, 15) is 8.42 Å². The molecule has 0 bridgehead atoms. The van der Waals surface area contributed by atoms with E-state index in [4.69, 9.17) is 17.0 Å². The van der Waals surface area contributed by atoms with Gasteiger partial charge in [-0.2, -0.15) is 0 Å². The number of nitrogens with zero attached hydrogens (tertiary/aromatic N) is 1. The SMILES string of the molecule is C=CCNC(=S)N(Cc1ccc(OC)cc1)[C@H]1CCS(=O)(=O)C1. The molecule has 1 fully saturated rings. The first-order chi connectivity index (χ1) is 10.9. The number of hydrogen-bond acceptors (Lipinski definition) is 4. The Morgan fingerprint density at radius 3 is 2.70 bits per heavy atom. The molecule has 1 heterocycles. The number of rotatable bonds is 6. The van der Waals surface area contributed by atoms with E-state index in [1.165, 1.54) is 0 Å². The maximum atomic E-state index is 11.8. The van der Waals surface area contributed by atoms with E-state index in [-0.39, 0.29) is 17.5 Å². The van der Waals surface area contributed by atoms with E-state index in [2.05, 4.69) is 11.9 Å².